The maximum atomic E-state index is 6.08. The second-order valence-electron chi connectivity index (χ2n) is 4.75. The van der Waals surface area contributed by atoms with Gasteiger partial charge in [0.2, 0.25) is 0 Å². The first-order valence-corrected chi connectivity index (χ1v) is 6.85. The highest BCUT2D eigenvalue weighted by Crippen LogP contribution is 2.32. The van der Waals surface area contributed by atoms with E-state index in [4.69, 9.17) is 17.3 Å². The molecule has 17 heavy (non-hydrogen) atoms. The Kier molecular flexibility index (Phi) is 4.43. The van der Waals surface area contributed by atoms with Crippen LogP contribution in [-0.2, 0) is 0 Å². The van der Waals surface area contributed by atoms with Crippen molar-refractivity contribution in [2.24, 2.45) is 5.73 Å². The lowest BCUT2D eigenvalue weighted by molar-refractivity contribution is 0.179. The third-order valence-electron chi connectivity index (χ3n) is 3.72. The fourth-order valence-electron chi connectivity index (χ4n) is 2.90. The molecular formula is C14H21ClN2. The number of hydrogen-bond donors (Lipinski definition) is 1. The van der Waals surface area contributed by atoms with Crippen LogP contribution in [0.5, 0.6) is 0 Å². The quantitative estimate of drug-likeness (QED) is 0.892. The van der Waals surface area contributed by atoms with Gasteiger partial charge in [-0.1, -0.05) is 30.7 Å². The van der Waals surface area contributed by atoms with Crippen molar-refractivity contribution in [1.82, 2.24) is 4.90 Å². The molecule has 1 saturated heterocycles. The Balaban J connectivity index is 2.21. The number of hydrogen-bond acceptors (Lipinski definition) is 2. The minimum absolute atomic E-state index is 0.463. The molecule has 3 heteroatoms. The van der Waals surface area contributed by atoms with E-state index in [2.05, 4.69) is 24.0 Å². The zero-order valence-corrected chi connectivity index (χ0v) is 11.2. The van der Waals surface area contributed by atoms with Crippen molar-refractivity contribution in [3.63, 3.8) is 0 Å². The van der Waals surface area contributed by atoms with Crippen molar-refractivity contribution in [3.05, 3.63) is 34.9 Å². The highest BCUT2D eigenvalue weighted by molar-refractivity contribution is 6.30. The molecule has 1 heterocycles. The number of halogens is 1. The second-order valence-corrected chi connectivity index (χ2v) is 5.19. The SMILES string of the molecule is CCC(c1cccc(Cl)c1)N1CCCC1CN. The summed E-state index contributed by atoms with van der Waals surface area (Å²) in [6.45, 7) is 4.15. The van der Waals surface area contributed by atoms with Crippen molar-refractivity contribution in [2.75, 3.05) is 13.1 Å². The number of nitrogens with zero attached hydrogens (tertiary/aromatic N) is 1. The first kappa shape index (κ1) is 12.9. The molecule has 1 aromatic rings. The topological polar surface area (TPSA) is 29.3 Å². The number of likely N-dealkylation sites (tertiary alicyclic amines) is 1. The monoisotopic (exact) mass is 252 g/mol. The van der Waals surface area contributed by atoms with Crippen LogP contribution in [0.1, 0.15) is 37.8 Å². The molecule has 2 unspecified atom stereocenters. The van der Waals surface area contributed by atoms with Gasteiger partial charge in [0, 0.05) is 23.7 Å². The molecule has 2 atom stereocenters. The van der Waals surface area contributed by atoms with Crippen molar-refractivity contribution in [1.29, 1.82) is 0 Å². The van der Waals surface area contributed by atoms with Crippen LogP contribution in [0.2, 0.25) is 5.02 Å². The lowest BCUT2D eigenvalue weighted by atomic mass is 10.0. The van der Waals surface area contributed by atoms with Crippen LogP contribution < -0.4 is 5.73 Å². The van der Waals surface area contributed by atoms with E-state index in [-0.39, 0.29) is 0 Å². The van der Waals surface area contributed by atoms with Gasteiger partial charge in [0.15, 0.2) is 0 Å². The van der Waals surface area contributed by atoms with E-state index >= 15 is 0 Å². The summed E-state index contributed by atoms with van der Waals surface area (Å²) in [4.78, 5) is 2.55. The molecule has 0 bridgehead atoms. The predicted octanol–water partition coefficient (Wildman–Crippen LogP) is 3.21. The fourth-order valence-corrected chi connectivity index (χ4v) is 3.10. The zero-order valence-electron chi connectivity index (χ0n) is 10.4. The molecule has 0 aliphatic carbocycles. The van der Waals surface area contributed by atoms with Gasteiger partial charge in [0.25, 0.3) is 0 Å². The summed E-state index contributed by atoms with van der Waals surface area (Å²) in [7, 11) is 0. The van der Waals surface area contributed by atoms with Gasteiger partial charge < -0.3 is 5.73 Å². The molecule has 0 spiro atoms. The average Bonchev–Trinajstić information content (AvgIpc) is 2.78. The van der Waals surface area contributed by atoms with E-state index in [0.29, 0.717) is 12.1 Å². The molecule has 1 aliphatic heterocycles. The third-order valence-corrected chi connectivity index (χ3v) is 3.95. The minimum Gasteiger partial charge on any atom is -0.329 e. The largest absolute Gasteiger partial charge is 0.329 e. The van der Waals surface area contributed by atoms with Gasteiger partial charge in [0.05, 0.1) is 0 Å². The molecule has 0 amide bonds. The Morgan fingerprint density at radius 2 is 2.35 bits per heavy atom. The normalized spacial score (nSPS) is 22.9. The first-order valence-electron chi connectivity index (χ1n) is 6.47. The molecule has 2 nitrogen and oxygen atoms in total. The molecule has 1 aliphatic rings. The van der Waals surface area contributed by atoms with Gasteiger partial charge in [-0.3, -0.25) is 4.90 Å². The van der Waals surface area contributed by atoms with Crippen LogP contribution >= 0.6 is 11.6 Å². The van der Waals surface area contributed by atoms with Crippen LogP contribution in [0.3, 0.4) is 0 Å². The van der Waals surface area contributed by atoms with Crippen molar-refractivity contribution < 1.29 is 0 Å². The van der Waals surface area contributed by atoms with Crippen LogP contribution in [-0.4, -0.2) is 24.0 Å². The fraction of sp³-hybridized carbons (Fsp3) is 0.571. The van der Waals surface area contributed by atoms with E-state index < -0.39 is 0 Å². The summed E-state index contributed by atoms with van der Waals surface area (Å²) in [5.41, 5.74) is 7.18. The molecule has 94 valence electrons. The Hall–Kier alpha value is -0.570. The standard InChI is InChI=1S/C14H21ClN2/c1-2-14(11-5-3-6-12(15)9-11)17-8-4-7-13(17)10-16/h3,5-6,9,13-14H,2,4,7-8,10,16H2,1H3. The van der Waals surface area contributed by atoms with E-state index in [9.17, 15) is 0 Å². The van der Waals surface area contributed by atoms with Crippen molar-refractivity contribution in [2.45, 2.75) is 38.3 Å². The lowest BCUT2D eigenvalue weighted by Gasteiger charge is -2.32. The van der Waals surface area contributed by atoms with Gasteiger partial charge in [0.1, 0.15) is 0 Å². The number of rotatable bonds is 4. The van der Waals surface area contributed by atoms with E-state index in [1.807, 2.05) is 12.1 Å². The van der Waals surface area contributed by atoms with Crippen LogP contribution in [0.4, 0.5) is 0 Å². The molecule has 0 radical (unpaired) electrons. The number of nitrogens with two attached hydrogens (primary N) is 1. The lowest BCUT2D eigenvalue weighted by Crippen LogP contribution is -2.38. The Morgan fingerprint density at radius 1 is 1.53 bits per heavy atom. The van der Waals surface area contributed by atoms with E-state index in [0.717, 1.165) is 24.5 Å². The second kappa shape index (κ2) is 5.85. The van der Waals surface area contributed by atoms with E-state index in [1.165, 1.54) is 18.4 Å². The summed E-state index contributed by atoms with van der Waals surface area (Å²) in [5, 5.41) is 0.824. The predicted molar refractivity (Wildman–Crippen MR) is 73.3 cm³/mol. The third kappa shape index (κ3) is 2.82. The van der Waals surface area contributed by atoms with Gasteiger partial charge >= 0.3 is 0 Å². The summed E-state index contributed by atoms with van der Waals surface area (Å²) in [6.07, 6.45) is 3.60. The average molecular weight is 253 g/mol. The highest BCUT2D eigenvalue weighted by Gasteiger charge is 2.29. The minimum atomic E-state index is 0.463. The summed E-state index contributed by atoms with van der Waals surface area (Å²) >= 11 is 6.08. The molecule has 2 rings (SSSR count). The number of benzene rings is 1. The first-order chi connectivity index (χ1) is 8.26. The molecular weight excluding hydrogens is 232 g/mol. The Bertz CT molecular complexity index is 367. The zero-order chi connectivity index (χ0) is 12.3. The van der Waals surface area contributed by atoms with Crippen molar-refractivity contribution >= 4 is 11.6 Å². The Labute approximate surface area is 109 Å². The summed E-state index contributed by atoms with van der Waals surface area (Å²) < 4.78 is 0. The molecule has 2 N–H and O–H groups in total. The molecule has 1 aromatic carbocycles. The molecule has 0 aromatic heterocycles. The summed E-state index contributed by atoms with van der Waals surface area (Å²) in [6, 6.07) is 9.23. The highest BCUT2D eigenvalue weighted by atomic mass is 35.5. The van der Waals surface area contributed by atoms with Gasteiger partial charge in [-0.2, -0.15) is 0 Å². The van der Waals surface area contributed by atoms with Gasteiger partial charge in [-0.25, -0.2) is 0 Å². The van der Waals surface area contributed by atoms with Crippen LogP contribution in [0.25, 0.3) is 0 Å². The van der Waals surface area contributed by atoms with Crippen molar-refractivity contribution in [3.8, 4) is 0 Å². The van der Waals surface area contributed by atoms with Crippen LogP contribution in [0, 0.1) is 0 Å². The Morgan fingerprint density at radius 3 is 3.00 bits per heavy atom. The summed E-state index contributed by atoms with van der Waals surface area (Å²) in [5.74, 6) is 0. The van der Waals surface area contributed by atoms with Gasteiger partial charge in [-0.15, -0.1) is 0 Å². The maximum absolute atomic E-state index is 6.08. The smallest absolute Gasteiger partial charge is 0.0409 e. The van der Waals surface area contributed by atoms with Crippen LogP contribution in [0.15, 0.2) is 24.3 Å². The maximum Gasteiger partial charge on any atom is 0.0409 e. The van der Waals surface area contributed by atoms with Gasteiger partial charge in [-0.05, 0) is 43.5 Å². The van der Waals surface area contributed by atoms with E-state index in [1.54, 1.807) is 0 Å². The molecule has 1 fully saturated rings. The molecule has 0 saturated carbocycles.